The third-order valence-electron chi connectivity index (χ3n) is 3.93. The molecule has 0 spiro atoms. The second-order valence-corrected chi connectivity index (χ2v) is 7.03. The van der Waals surface area contributed by atoms with Gasteiger partial charge in [-0.1, -0.05) is 30.3 Å². The van der Waals surface area contributed by atoms with Crippen LogP contribution in [0.15, 0.2) is 30.3 Å². The standard InChI is InChI=1S/C14H19NO5S/c1-21(18,19)20-11-14(12-5-3-2-4-6-12)7-9-15(10-8-14)13(16)17/h2-6H,7-11H2,1H3,(H,16,17). The molecule has 7 heteroatoms. The van der Waals surface area contributed by atoms with Crippen molar-refractivity contribution in [3.05, 3.63) is 35.9 Å². The molecule has 0 atom stereocenters. The van der Waals surface area contributed by atoms with Gasteiger partial charge in [0.2, 0.25) is 0 Å². The van der Waals surface area contributed by atoms with Crippen molar-refractivity contribution in [1.29, 1.82) is 0 Å². The molecule has 6 nitrogen and oxygen atoms in total. The molecule has 1 aromatic carbocycles. The van der Waals surface area contributed by atoms with Crippen LogP contribution in [0.4, 0.5) is 4.79 Å². The molecule has 1 aromatic rings. The predicted octanol–water partition coefficient (Wildman–Crippen LogP) is 1.67. The summed E-state index contributed by atoms with van der Waals surface area (Å²) >= 11 is 0. The maximum absolute atomic E-state index is 11.3. The molecule has 1 heterocycles. The zero-order valence-corrected chi connectivity index (χ0v) is 12.7. The van der Waals surface area contributed by atoms with Crippen molar-refractivity contribution < 1.29 is 22.5 Å². The number of piperidine rings is 1. The van der Waals surface area contributed by atoms with Crippen molar-refractivity contribution in [2.75, 3.05) is 26.0 Å². The van der Waals surface area contributed by atoms with Crippen LogP contribution in [-0.4, -0.2) is 50.5 Å². The number of hydrogen-bond donors (Lipinski definition) is 1. The fraction of sp³-hybridized carbons (Fsp3) is 0.500. The molecule has 21 heavy (non-hydrogen) atoms. The van der Waals surface area contributed by atoms with Gasteiger partial charge in [-0.2, -0.15) is 8.42 Å². The molecule has 0 aliphatic carbocycles. The SMILES string of the molecule is CS(=O)(=O)OCC1(c2ccccc2)CCN(C(=O)O)CC1. The number of carboxylic acid groups (broad SMARTS) is 1. The molecular formula is C14H19NO5S. The summed E-state index contributed by atoms with van der Waals surface area (Å²) < 4.78 is 27.6. The van der Waals surface area contributed by atoms with Gasteiger partial charge in [0.15, 0.2) is 0 Å². The lowest BCUT2D eigenvalue weighted by Crippen LogP contribution is -2.47. The van der Waals surface area contributed by atoms with E-state index in [4.69, 9.17) is 9.29 Å². The van der Waals surface area contributed by atoms with Gasteiger partial charge in [-0.05, 0) is 18.4 Å². The second kappa shape index (κ2) is 6.03. The second-order valence-electron chi connectivity index (χ2n) is 5.38. The molecule has 0 aromatic heterocycles. The molecule has 1 fully saturated rings. The highest BCUT2D eigenvalue weighted by molar-refractivity contribution is 7.85. The van der Waals surface area contributed by atoms with E-state index in [1.165, 1.54) is 4.90 Å². The zero-order chi connectivity index (χ0) is 15.5. The number of rotatable bonds is 4. The summed E-state index contributed by atoms with van der Waals surface area (Å²) in [7, 11) is -3.53. The van der Waals surface area contributed by atoms with E-state index in [1.807, 2.05) is 30.3 Å². The van der Waals surface area contributed by atoms with E-state index in [2.05, 4.69) is 0 Å². The third kappa shape index (κ3) is 3.95. The van der Waals surface area contributed by atoms with Crippen molar-refractivity contribution in [3.63, 3.8) is 0 Å². The predicted molar refractivity (Wildman–Crippen MR) is 77.7 cm³/mol. The molecule has 1 aliphatic rings. The van der Waals surface area contributed by atoms with Crippen molar-refractivity contribution in [2.45, 2.75) is 18.3 Å². The van der Waals surface area contributed by atoms with E-state index in [0.29, 0.717) is 25.9 Å². The van der Waals surface area contributed by atoms with Crippen LogP contribution in [0.25, 0.3) is 0 Å². The van der Waals surface area contributed by atoms with Crippen molar-refractivity contribution >= 4 is 16.2 Å². The number of hydrogen-bond acceptors (Lipinski definition) is 4. The van der Waals surface area contributed by atoms with Crippen LogP contribution in [0.2, 0.25) is 0 Å². The Hall–Kier alpha value is -1.60. The average molecular weight is 313 g/mol. The van der Waals surface area contributed by atoms with E-state index in [9.17, 15) is 13.2 Å². The first-order valence-corrected chi connectivity index (χ1v) is 8.52. The van der Waals surface area contributed by atoms with Crippen LogP contribution in [-0.2, 0) is 19.7 Å². The topological polar surface area (TPSA) is 83.9 Å². The molecule has 0 unspecified atom stereocenters. The monoisotopic (exact) mass is 313 g/mol. The zero-order valence-electron chi connectivity index (χ0n) is 11.9. The first-order valence-electron chi connectivity index (χ1n) is 6.70. The molecule has 1 amide bonds. The first-order chi connectivity index (χ1) is 9.82. The number of carbonyl (C=O) groups is 1. The summed E-state index contributed by atoms with van der Waals surface area (Å²) in [5.41, 5.74) is 0.523. The summed E-state index contributed by atoms with van der Waals surface area (Å²) in [4.78, 5) is 12.4. The summed E-state index contributed by atoms with van der Waals surface area (Å²) in [6.45, 7) is 0.790. The van der Waals surface area contributed by atoms with Crippen LogP contribution in [0.3, 0.4) is 0 Å². The summed E-state index contributed by atoms with van der Waals surface area (Å²) in [6.07, 6.45) is 1.16. The van der Waals surface area contributed by atoms with Gasteiger partial charge >= 0.3 is 6.09 Å². The molecule has 2 rings (SSSR count). The molecule has 1 saturated heterocycles. The Labute approximate surface area is 124 Å². The fourth-order valence-electron chi connectivity index (χ4n) is 2.65. The summed E-state index contributed by atoms with van der Waals surface area (Å²) in [5, 5.41) is 9.04. The summed E-state index contributed by atoms with van der Waals surface area (Å²) in [6, 6.07) is 9.54. The normalized spacial score (nSPS) is 18.4. The fourth-order valence-corrected chi connectivity index (χ4v) is 3.09. The minimum absolute atomic E-state index is 0.0449. The van der Waals surface area contributed by atoms with Gasteiger partial charge in [-0.25, -0.2) is 4.79 Å². The third-order valence-corrected chi connectivity index (χ3v) is 4.47. The summed E-state index contributed by atoms with van der Waals surface area (Å²) in [5.74, 6) is 0. The molecule has 0 bridgehead atoms. The Morgan fingerprint density at radius 3 is 2.33 bits per heavy atom. The van der Waals surface area contributed by atoms with Crippen molar-refractivity contribution in [1.82, 2.24) is 4.90 Å². The van der Waals surface area contributed by atoms with Crippen LogP contribution in [0.5, 0.6) is 0 Å². The Bertz CT molecular complexity index is 591. The van der Waals surface area contributed by atoms with Crippen molar-refractivity contribution in [2.24, 2.45) is 0 Å². The van der Waals surface area contributed by atoms with Gasteiger partial charge in [0, 0.05) is 18.5 Å². The van der Waals surface area contributed by atoms with Crippen LogP contribution in [0.1, 0.15) is 18.4 Å². The first kappa shape index (κ1) is 15.8. The van der Waals surface area contributed by atoms with E-state index in [1.54, 1.807) is 0 Å². The highest BCUT2D eigenvalue weighted by atomic mass is 32.2. The quantitative estimate of drug-likeness (QED) is 0.855. The van der Waals surface area contributed by atoms with Gasteiger partial charge < -0.3 is 10.0 Å². The van der Waals surface area contributed by atoms with Gasteiger partial charge in [0.05, 0.1) is 12.9 Å². The Kier molecular flexibility index (Phi) is 4.53. The molecule has 1 N–H and O–H groups in total. The Morgan fingerprint density at radius 2 is 1.86 bits per heavy atom. The van der Waals surface area contributed by atoms with E-state index in [-0.39, 0.29) is 6.61 Å². The van der Waals surface area contributed by atoms with Gasteiger partial charge in [-0.15, -0.1) is 0 Å². The number of likely N-dealkylation sites (tertiary alicyclic amines) is 1. The lowest BCUT2D eigenvalue weighted by Gasteiger charge is -2.40. The Morgan fingerprint density at radius 1 is 1.29 bits per heavy atom. The number of amides is 1. The molecule has 116 valence electrons. The minimum Gasteiger partial charge on any atom is -0.465 e. The van der Waals surface area contributed by atoms with Gasteiger partial charge in [0.1, 0.15) is 0 Å². The maximum atomic E-state index is 11.3. The Balaban J connectivity index is 2.22. The molecule has 0 saturated carbocycles. The molecule has 1 aliphatic heterocycles. The largest absolute Gasteiger partial charge is 0.465 e. The molecular weight excluding hydrogens is 294 g/mol. The highest BCUT2D eigenvalue weighted by Crippen LogP contribution is 2.36. The molecule has 0 radical (unpaired) electrons. The van der Waals surface area contributed by atoms with E-state index >= 15 is 0 Å². The highest BCUT2D eigenvalue weighted by Gasteiger charge is 2.38. The van der Waals surface area contributed by atoms with Crippen LogP contribution >= 0.6 is 0 Å². The smallest absolute Gasteiger partial charge is 0.407 e. The maximum Gasteiger partial charge on any atom is 0.407 e. The number of benzene rings is 1. The number of nitrogens with zero attached hydrogens (tertiary/aromatic N) is 1. The van der Waals surface area contributed by atoms with Crippen molar-refractivity contribution in [3.8, 4) is 0 Å². The van der Waals surface area contributed by atoms with Crippen LogP contribution < -0.4 is 0 Å². The van der Waals surface area contributed by atoms with Gasteiger partial charge in [-0.3, -0.25) is 4.18 Å². The average Bonchev–Trinajstić information content (AvgIpc) is 2.46. The van der Waals surface area contributed by atoms with Crippen LogP contribution in [0, 0.1) is 0 Å². The van der Waals surface area contributed by atoms with E-state index in [0.717, 1.165) is 11.8 Å². The lowest BCUT2D eigenvalue weighted by atomic mass is 9.73. The van der Waals surface area contributed by atoms with E-state index < -0.39 is 21.6 Å². The lowest BCUT2D eigenvalue weighted by molar-refractivity contribution is 0.0971. The van der Waals surface area contributed by atoms with Gasteiger partial charge in [0.25, 0.3) is 10.1 Å². The minimum atomic E-state index is -3.53.